The number of amides is 1. The Morgan fingerprint density at radius 1 is 1.15 bits per heavy atom. The van der Waals surface area contributed by atoms with Gasteiger partial charge in [0.1, 0.15) is 11.9 Å². The van der Waals surface area contributed by atoms with Crippen LogP contribution >= 0.6 is 0 Å². The number of benzene rings is 2. The van der Waals surface area contributed by atoms with Crippen molar-refractivity contribution in [2.75, 3.05) is 7.11 Å². The van der Waals surface area contributed by atoms with Crippen LogP contribution in [-0.4, -0.2) is 23.7 Å². The largest absolute Gasteiger partial charge is 0.496 e. The van der Waals surface area contributed by atoms with Gasteiger partial charge in [0.25, 0.3) is 5.91 Å². The van der Waals surface area contributed by atoms with Crippen molar-refractivity contribution in [3.8, 4) is 5.75 Å². The van der Waals surface area contributed by atoms with Crippen LogP contribution in [0.5, 0.6) is 5.75 Å². The first-order chi connectivity index (χ1) is 12.2. The number of aryl methyl sites for hydroxylation is 1. The highest BCUT2D eigenvalue weighted by Crippen LogP contribution is 2.33. The standard InChI is InChI=1S/C22H29NO3/c1-14(2)22(5,20(24)17-10-7-9-15(3)13-17)23-21(25)18-11-8-12-19(26-6)16(18)4/h7-14,20,24H,1-6H3,(H,23,25). The summed E-state index contributed by atoms with van der Waals surface area (Å²) in [5.74, 6) is 0.473. The van der Waals surface area contributed by atoms with Crippen molar-refractivity contribution in [1.29, 1.82) is 0 Å². The molecule has 0 aliphatic heterocycles. The Labute approximate surface area is 156 Å². The third-order valence-corrected chi connectivity index (χ3v) is 5.26. The summed E-state index contributed by atoms with van der Waals surface area (Å²) in [5, 5.41) is 14.1. The minimum absolute atomic E-state index is 0.0212. The Morgan fingerprint density at radius 2 is 1.81 bits per heavy atom. The predicted molar refractivity (Wildman–Crippen MR) is 105 cm³/mol. The van der Waals surface area contributed by atoms with Crippen molar-refractivity contribution in [2.24, 2.45) is 5.92 Å². The van der Waals surface area contributed by atoms with E-state index in [1.165, 1.54) is 0 Å². The van der Waals surface area contributed by atoms with Crippen LogP contribution in [0.3, 0.4) is 0 Å². The quantitative estimate of drug-likeness (QED) is 0.817. The molecule has 0 aliphatic carbocycles. The molecule has 0 radical (unpaired) electrons. The lowest BCUT2D eigenvalue weighted by atomic mass is 9.79. The summed E-state index contributed by atoms with van der Waals surface area (Å²) in [7, 11) is 1.59. The minimum atomic E-state index is -0.822. The Morgan fingerprint density at radius 3 is 2.38 bits per heavy atom. The molecule has 0 fully saturated rings. The molecule has 1 amide bonds. The molecule has 140 valence electrons. The van der Waals surface area contributed by atoms with Gasteiger partial charge in [-0.15, -0.1) is 0 Å². The molecular formula is C22H29NO3. The molecule has 0 heterocycles. The van der Waals surface area contributed by atoms with Crippen molar-refractivity contribution in [3.05, 3.63) is 64.7 Å². The number of rotatable bonds is 6. The molecule has 0 bridgehead atoms. The van der Waals surface area contributed by atoms with Gasteiger partial charge in [-0.3, -0.25) is 4.79 Å². The van der Waals surface area contributed by atoms with Crippen molar-refractivity contribution in [2.45, 2.75) is 46.3 Å². The van der Waals surface area contributed by atoms with E-state index in [0.29, 0.717) is 11.3 Å². The second kappa shape index (κ2) is 7.92. The third-order valence-electron chi connectivity index (χ3n) is 5.26. The van der Waals surface area contributed by atoms with Crippen LogP contribution in [0.2, 0.25) is 0 Å². The van der Waals surface area contributed by atoms with E-state index < -0.39 is 11.6 Å². The fraction of sp³-hybridized carbons (Fsp3) is 0.409. The van der Waals surface area contributed by atoms with E-state index in [1.807, 2.05) is 65.0 Å². The zero-order valence-corrected chi connectivity index (χ0v) is 16.5. The van der Waals surface area contributed by atoms with E-state index in [-0.39, 0.29) is 11.8 Å². The molecule has 0 spiro atoms. The monoisotopic (exact) mass is 355 g/mol. The number of aliphatic hydroxyl groups excluding tert-OH is 1. The summed E-state index contributed by atoms with van der Waals surface area (Å²) in [6, 6.07) is 13.1. The average molecular weight is 355 g/mol. The van der Waals surface area contributed by atoms with Crippen LogP contribution in [-0.2, 0) is 0 Å². The highest BCUT2D eigenvalue weighted by atomic mass is 16.5. The number of aliphatic hydroxyl groups is 1. The number of carbonyl (C=O) groups excluding carboxylic acids is 1. The van der Waals surface area contributed by atoms with Crippen LogP contribution in [0.1, 0.15) is 53.9 Å². The molecule has 2 N–H and O–H groups in total. The molecule has 2 rings (SSSR count). The number of carbonyl (C=O) groups is 1. The van der Waals surface area contributed by atoms with Crippen LogP contribution in [0, 0.1) is 19.8 Å². The lowest BCUT2D eigenvalue weighted by Crippen LogP contribution is -2.54. The molecule has 0 saturated heterocycles. The van der Waals surface area contributed by atoms with Crippen molar-refractivity contribution >= 4 is 5.91 Å². The normalized spacial score (nSPS) is 14.6. The molecule has 2 unspecified atom stereocenters. The maximum Gasteiger partial charge on any atom is 0.252 e. The topological polar surface area (TPSA) is 58.6 Å². The van der Waals surface area contributed by atoms with E-state index >= 15 is 0 Å². The van der Waals surface area contributed by atoms with Gasteiger partial charge in [0.15, 0.2) is 0 Å². The summed E-state index contributed by atoms with van der Waals surface area (Å²) in [5.41, 5.74) is 2.38. The fourth-order valence-electron chi connectivity index (χ4n) is 3.11. The first-order valence-corrected chi connectivity index (χ1v) is 8.91. The van der Waals surface area contributed by atoms with Gasteiger partial charge in [-0.05, 0) is 44.4 Å². The molecular weight excluding hydrogens is 326 g/mol. The number of nitrogens with one attached hydrogen (secondary N) is 1. The molecule has 2 aromatic carbocycles. The molecule has 26 heavy (non-hydrogen) atoms. The maximum atomic E-state index is 13.0. The van der Waals surface area contributed by atoms with Crippen LogP contribution in [0.4, 0.5) is 0 Å². The second-order valence-electron chi connectivity index (χ2n) is 7.34. The van der Waals surface area contributed by atoms with Gasteiger partial charge in [0.2, 0.25) is 0 Å². The highest BCUT2D eigenvalue weighted by Gasteiger charge is 2.39. The number of methoxy groups -OCH3 is 1. The van der Waals surface area contributed by atoms with Crippen molar-refractivity contribution in [3.63, 3.8) is 0 Å². The Kier molecular flexibility index (Phi) is 6.09. The van der Waals surface area contributed by atoms with E-state index in [4.69, 9.17) is 4.74 Å². The van der Waals surface area contributed by atoms with Crippen molar-refractivity contribution in [1.82, 2.24) is 5.32 Å². The summed E-state index contributed by atoms with van der Waals surface area (Å²) in [6.07, 6.45) is -0.822. The predicted octanol–water partition coefficient (Wildman–Crippen LogP) is 4.19. The smallest absolute Gasteiger partial charge is 0.252 e. The van der Waals surface area contributed by atoms with Gasteiger partial charge >= 0.3 is 0 Å². The number of ether oxygens (including phenoxy) is 1. The Hall–Kier alpha value is -2.33. The molecule has 0 aliphatic rings. The van der Waals surface area contributed by atoms with Crippen LogP contribution < -0.4 is 10.1 Å². The van der Waals surface area contributed by atoms with E-state index in [9.17, 15) is 9.90 Å². The van der Waals surface area contributed by atoms with E-state index in [1.54, 1.807) is 19.2 Å². The van der Waals surface area contributed by atoms with Gasteiger partial charge < -0.3 is 15.2 Å². The first kappa shape index (κ1) is 20.0. The highest BCUT2D eigenvalue weighted by molar-refractivity contribution is 5.96. The number of hydrogen-bond acceptors (Lipinski definition) is 3. The number of hydrogen-bond donors (Lipinski definition) is 2. The molecule has 0 saturated carbocycles. The second-order valence-corrected chi connectivity index (χ2v) is 7.34. The molecule has 2 aromatic rings. The zero-order chi connectivity index (χ0) is 19.5. The van der Waals surface area contributed by atoms with Gasteiger partial charge in [-0.1, -0.05) is 49.7 Å². The molecule has 2 atom stereocenters. The zero-order valence-electron chi connectivity index (χ0n) is 16.5. The Balaban J connectivity index is 2.37. The Bertz CT molecular complexity index is 785. The summed E-state index contributed by atoms with van der Waals surface area (Å²) in [4.78, 5) is 13.0. The molecule has 4 nitrogen and oxygen atoms in total. The first-order valence-electron chi connectivity index (χ1n) is 8.91. The third kappa shape index (κ3) is 3.91. The SMILES string of the molecule is COc1cccc(C(=O)NC(C)(C(C)C)C(O)c2cccc(C)c2)c1C. The van der Waals surface area contributed by atoms with Gasteiger partial charge in [-0.2, -0.15) is 0 Å². The van der Waals surface area contributed by atoms with E-state index in [2.05, 4.69) is 5.32 Å². The summed E-state index contributed by atoms with van der Waals surface area (Å²) >= 11 is 0. The minimum Gasteiger partial charge on any atom is -0.496 e. The average Bonchev–Trinajstić information content (AvgIpc) is 2.60. The molecule has 4 heteroatoms. The van der Waals surface area contributed by atoms with Crippen molar-refractivity contribution < 1.29 is 14.6 Å². The van der Waals surface area contributed by atoms with Crippen LogP contribution in [0.25, 0.3) is 0 Å². The lowest BCUT2D eigenvalue weighted by molar-refractivity contribution is 0.0348. The summed E-state index contributed by atoms with van der Waals surface area (Å²) < 4.78 is 5.31. The maximum absolute atomic E-state index is 13.0. The lowest BCUT2D eigenvalue weighted by Gasteiger charge is -2.39. The fourth-order valence-corrected chi connectivity index (χ4v) is 3.11. The van der Waals surface area contributed by atoms with Gasteiger partial charge in [-0.25, -0.2) is 0 Å². The van der Waals surface area contributed by atoms with Crippen LogP contribution in [0.15, 0.2) is 42.5 Å². The van der Waals surface area contributed by atoms with Gasteiger partial charge in [0, 0.05) is 11.1 Å². The summed E-state index contributed by atoms with van der Waals surface area (Å²) in [6.45, 7) is 9.73. The molecule has 0 aromatic heterocycles. The van der Waals surface area contributed by atoms with E-state index in [0.717, 1.165) is 16.7 Å². The van der Waals surface area contributed by atoms with Gasteiger partial charge in [0.05, 0.1) is 12.6 Å².